The van der Waals surface area contributed by atoms with Crippen LogP contribution in [0.5, 0.6) is 5.75 Å². The SMILES string of the molecule is COc1ccc(C(=O)Nc2ccccc2C(=O)NC2CCC(C)CC2)cc1. The van der Waals surface area contributed by atoms with Gasteiger partial charge >= 0.3 is 0 Å². The summed E-state index contributed by atoms with van der Waals surface area (Å²) >= 11 is 0. The van der Waals surface area contributed by atoms with Crippen molar-refractivity contribution < 1.29 is 14.3 Å². The maximum atomic E-state index is 12.7. The van der Waals surface area contributed by atoms with Crippen LogP contribution in [0, 0.1) is 5.92 Å². The van der Waals surface area contributed by atoms with Crippen LogP contribution in [0.3, 0.4) is 0 Å². The highest BCUT2D eigenvalue weighted by atomic mass is 16.5. The van der Waals surface area contributed by atoms with E-state index in [2.05, 4.69) is 17.6 Å². The summed E-state index contributed by atoms with van der Waals surface area (Å²) in [6, 6.07) is 14.2. The highest BCUT2D eigenvalue weighted by Gasteiger charge is 2.21. The van der Waals surface area contributed by atoms with Crippen LogP contribution in [-0.4, -0.2) is 25.0 Å². The van der Waals surface area contributed by atoms with Crippen molar-refractivity contribution in [2.45, 2.75) is 38.6 Å². The normalized spacial score (nSPS) is 19.2. The molecule has 1 aliphatic rings. The van der Waals surface area contributed by atoms with E-state index in [0.29, 0.717) is 22.6 Å². The number of nitrogens with one attached hydrogen (secondary N) is 2. The van der Waals surface area contributed by atoms with Crippen LogP contribution in [0.2, 0.25) is 0 Å². The molecule has 0 unspecified atom stereocenters. The predicted octanol–water partition coefficient (Wildman–Crippen LogP) is 4.26. The fourth-order valence-electron chi connectivity index (χ4n) is 3.39. The summed E-state index contributed by atoms with van der Waals surface area (Å²) in [4.78, 5) is 25.3. The van der Waals surface area contributed by atoms with Gasteiger partial charge in [-0.1, -0.05) is 19.1 Å². The Balaban J connectivity index is 1.69. The molecular weight excluding hydrogens is 340 g/mol. The van der Waals surface area contributed by atoms with Crippen molar-refractivity contribution in [2.75, 3.05) is 12.4 Å². The highest BCUT2D eigenvalue weighted by Crippen LogP contribution is 2.24. The average Bonchev–Trinajstić information content (AvgIpc) is 2.70. The number of hydrogen-bond donors (Lipinski definition) is 2. The number of carbonyl (C=O) groups excluding carboxylic acids is 2. The Morgan fingerprint density at radius 1 is 0.926 bits per heavy atom. The summed E-state index contributed by atoms with van der Waals surface area (Å²) < 4.78 is 5.11. The molecule has 0 radical (unpaired) electrons. The van der Waals surface area contributed by atoms with Gasteiger partial charge in [0.25, 0.3) is 11.8 Å². The van der Waals surface area contributed by atoms with Crippen molar-refractivity contribution in [3.63, 3.8) is 0 Å². The van der Waals surface area contributed by atoms with E-state index in [-0.39, 0.29) is 17.9 Å². The van der Waals surface area contributed by atoms with E-state index in [9.17, 15) is 9.59 Å². The van der Waals surface area contributed by atoms with E-state index in [1.165, 1.54) is 0 Å². The van der Waals surface area contributed by atoms with Gasteiger partial charge in [0.05, 0.1) is 18.4 Å². The molecule has 0 heterocycles. The maximum Gasteiger partial charge on any atom is 0.255 e. The van der Waals surface area contributed by atoms with Crippen LogP contribution in [0.15, 0.2) is 48.5 Å². The topological polar surface area (TPSA) is 67.4 Å². The number of ether oxygens (including phenoxy) is 1. The lowest BCUT2D eigenvalue weighted by Crippen LogP contribution is -2.37. The minimum atomic E-state index is -0.260. The molecule has 2 aromatic rings. The zero-order valence-corrected chi connectivity index (χ0v) is 15.8. The van der Waals surface area contributed by atoms with Crippen LogP contribution in [0.4, 0.5) is 5.69 Å². The van der Waals surface area contributed by atoms with Gasteiger partial charge in [-0.25, -0.2) is 0 Å². The van der Waals surface area contributed by atoms with Gasteiger partial charge in [-0.3, -0.25) is 9.59 Å². The number of anilines is 1. The van der Waals surface area contributed by atoms with Gasteiger partial charge in [0.1, 0.15) is 5.75 Å². The number of para-hydroxylation sites is 1. The minimum absolute atomic E-state index is 0.139. The summed E-state index contributed by atoms with van der Waals surface area (Å²) in [6.45, 7) is 2.25. The zero-order chi connectivity index (χ0) is 19.2. The van der Waals surface area contributed by atoms with Crippen LogP contribution in [-0.2, 0) is 0 Å². The van der Waals surface area contributed by atoms with Gasteiger partial charge < -0.3 is 15.4 Å². The molecule has 0 spiro atoms. The fraction of sp³-hybridized carbons (Fsp3) is 0.364. The van der Waals surface area contributed by atoms with E-state index in [0.717, 1.165) is 31.6 Å². The van der Waals surface area contributed by atoms with Crippen LogP contribution < -0.4 is 15.4 Å². The van der Waals surface area contributed by atoms with Crippen molar-refractivity contribution in [3.05, 3.63) is 59.7 Å². The first kappa shape index (κ1) is 19.0. The van der Waals surface area contributed by atoms with E-state index in [1.807, 2.05) is 6.07 Å². The number of benzene rings is 2. The Morgan fingerprint density at radius 2 is 1.59 bits per heavy atom. The van der Waals surface area contributed by atoms with Crippen LogP contribution in [0.1, 0.15) is 53.3 Å². The Morgan fingerprint density at radius 3 is 2.26 bits per heavy atom. The molecule has 0 aromatic heterocycles. The first-order chi connectivity index (χ1) is 13.1. The monoisotopic (exact) mass is 366 g/mol. The second kappa shape index (κ2) is 8.71. The second-order valence-electron chi connectivity index (χ2n) is 7.16. The lowest BCUT2D eigenvalue weighted by Gasteiger charge is -2.27. The number of amides is 2. The van der Waals surface area contributed by atoms with Gasteiger partial charge in [-0.2, -0.15) is 0 Å². The molecule has 2 aromatic carbocycles. The molecule has 1 saturated carbocycles. The molecule has 0 saturated heterocycles. The number of rotatable bonds is 5. The molecule has 2 N–H and O–H groups in total. The number of methoxy groups -OCH3 is 1. The molecular formula is C22H26N2O3. The lowest BCUT2D eigenvalue weighted by atomic mass is 9.87. The van der Waals surface area contributed by atoms with Gasteiger partial charge in [0, 0.05) is 11.6 Å². The lowest BCUT2D eigenvalue weighted by molar-refractivity contribution is 0.0924. The molecule has 2 amide bonds. The smallest absolute Gasteiger partial charge is 0.255 e. The number of hydrogen-bond acceptors (Lipinski definition) is 3. The molecule has 1 aliphatic carbocycles. The van der Waals surface area contributed by atoms with Crippen LogP contribution in [0.25, 0.3) is 0 Å². The van der Waals surface area contributed by atoms with Crippen LogP contribution >= 0.6 is 0 Å². The number of carbonyl (C=O) groups is 2. The van der Waals surface area contributed by atoms with E-state index >= 15 is 0 Å². The fourth-order valence-corrected chi connectivity index (χ4v) is 3.39. The summed E-state index contributed by atoms with van der Waals surface area (Å²) in [6.07, 6.45) is 4.29. The van der Waals surface area contributed by atoms with Gasteiger partial charge in [-0.05, 0) is 68.0 Å². The Bertz CT molecular complexity index is 793. The summed E-state index contributed by atoms with van der Waals surface area (Å²) in [5.74, 6) is 1.02. The Labute approximate surface area is 160 Å². The molecule has 5 nitrogen and oxygen atoms in total. The van der Waals surface area contributed by atoms with E-state index < -0.39 is 0 Å². The minimum Gasteiger partial charge on any atom is -0.497 e. The molecule has 0 atom stereocenters. The average molecular weight is 366 g/mol. The third kappa shape index (κ3) is 4.88. The van der Waals surface area contributed by atoms with Gasteiger partial charge in [0.2, 0.25) is 0 Å². The molecule has 1 fully saturated rings. The van der Waals surface area contributed by atoms with E-state index in [4.69, 9.17) is 4.74 Å². The molecule has 5 heteroatoms. The predicted molar refractivity (Wildman–Crippen MR) is 106 cm³/mol. The quantitative estimate of drug-likeness (QED) is 0.831. The molecule has 0 bridgehead atoms. The first-order valence-corrected chi connectivity index (χ1v) is 9.42. The van der Waals surface area contributed by atoms with Gasteiger partial charge in [-0.15, -0.1) is 0 Å². The molecule has 0 aliphatic heterocycles. The Hall–Kier alpha value is -2.82. The molecule has 27 heavy (non-hydrogen) atoms. The standard InChI is InChI=1S/C22H26N2O3/c1-15-7-11-17(12-8-15)23-22(26)19-5-3-4-6-20(19)24-21(25)16-9-13-18(27-2)14-10-16/h3-6,9-10,13-15,17H,7-8,11-12H2,1-2H3,(H,23,26)(H,24,25). The summed E-state index contributed by atoms with van der Waals surface area (Å²) in [5, 5.41) is 5.97. The Kier molecular flexibility index (Phi) is 6.12. The first-order valence-electron chi connectivity index (χ1n) is 9.42. The largest absolute Gasteiger partial charge is 0.497 e. The third-order valence-corrected chi connectivity index (χ3v) is 5.12. The van der Waals surface area contributed by atoms with E-state index in [1.54, 1.807) is 49.6 Å². The van der Waals surface area contributed by atoms with Crippen molar-refractivity contribution in [3.8, 4) is 5.75 Å². The van der Waals surface area contributed by atoms with Crippen molar-refractivity contribution >= 4 is 17.5 Å². The molecule has 3 rings (SSSR count). The van der Waals surface area contributed by atoms with Crippen molar-refractivity contribution in [1.82, 2.24) is 5.32 Å². The highest BCUT2D eigenvalue weighted by molar-refractivity contribution is 6.09. The van der Waals surface area contributed by atoms with Crippen molar-refractivity contribution in [2.24, 2.45) is 5.92 Å². The summed E-state index contributed by atoms with van der Waals surface area (Å²) in [7, 11) is 1.58. The second-order valence-corrected chi connectivity index (χ2v) is 7.16. The summed E-state index contributed by atoms with van der Waals surface area (Å²) in [5.41, 5.74) is 1.50. The van der Waals surface area contributed by atoms with Gasteiger partial charge in [0.15, 0.2) is 0 Å². The maximum absolute atomic E-state index is 12.7. The zero-order valence-electron chi connectivity index (χ0n) is 15.8. The van der Waals surface area contributed by atoms with Crippen molar-refractivity contribution in [1.29, 1.82) is 0 Å². The third-order valence-electron chi connectivity index (χ3n) is 5.12. The molecule has 142 valence electrons.